The van der Waals surface area contributed by atoms with E-state index in [0.29, 0.717) is 32.7 Å². The first kappa shape index (κ1) is 20.2. The number of carbonyl (C=O) groups excluding carboxylic acids is 1. The first-order valence-electron chi connectivity index (χ1n) is 8.18. The van der Waals surface area contributed by atoms with Gasteiger partial charge < -0.3 is 8.83 Å². The normalized spacial score (nSPS) is 11.4. The highest BCUT2D eigenvalue weighted by atomic mass is 79.9. The average Bonchev–Trinajstić information content (AvgIpc) is 3.31. The van der Waals surface area contributed by atoms with Crippen molar-refractivity contribution in [2.24, 2.45) is 5.10 Å². The lowest BCUT2D eigenvalue weighted by atomic mass is 10.2. The third-order valence-corrected chi connectivity index (χ3v) is 5.55. The maximum absolute atomic E-state index is 12.3. The van der Waals surface area contributed by atoms with Crippen molar-refractivity contribution in [3.63, 3.8) is 0 Å². The number of amides is 1. The molecule has 0 saturated carbocycles. The van der Waals surface area contributed by atoms with Crippen LogP contribution in [0.2, 0.25) is 10.0 Å². The van der Waals surface area contributed by atoms with Gasteiger partial charge in [0.25, 0.3) is 0 Å². The molecule has 5 nitrogen and oxygen atoms in total. The summed E-state index contributed by atoms with van der Waals surface area (Å²) < 4.78 is 12.9. The SMILES string of the molecule is O=C(N/N=C\c1ccc(-c2cc(Cl)ccc2Cl)o1)c1cc2cc(Br)cc(Br)c2o1. The minimum Gasteiger partial charge on any atom is -0.455 e. The third kappa shape index (κ3) is 4.43. The lowest BCUT2D eigenvalue weighted by molar-refractivity contribution is 0.0929. The van der Waals surface area contributed by atoms with Gasteiger partial charge in [0.05, 0.1) is 15.7 Å². The van der Waals surface area contributed by atoms with Crippen molar-refractivity contribution >= 4 is 78.2 Å². The molecule has 146 valence electrons. The molecule has 0 aliphatic rings. The van der Waals surface area contributed by atoms with E-state index in [2.05, 4.69) is 42.4 Å². The Balaban J connectivity index is 1.48. The van der Waals surface area contributed by atoms with Crippen LogP contribution >= 0.6 is 55.1 Å². The number of halogens is 4. The molecule has 0 atom stereocenters. The van der Waals surface area contributed by atoms with Crippen LogP contribution in [0.4, 0.5) is 0 Å². The minimum atomic E-state index is -0.481. The maximum Gasteiger partial charge on any atom is 0.307 e. The fourth-order valence-corrected chi connectivity index (χ4v) is 4.37. The van der Waals surface area contributed by atoms with Crippen LogP contribution < -0.4 is 5.43 Å². The molecule has 29 heavy (non-hydrogen) atoms. The monoisotopic (exact) mass is 554 g/mol. The number of rotatable bonds is 4. The van der Waals surface area contributed by atoms with Crippen molar-refractivity contribution in [3.8, 4) is 11.3 Å². The quantitative estimate of drug-likeness (QED) is 0.212. The van der Waals surface area contributed by atoms with Crippen LogP contribution in [0.3, 0.4) is 0 Å². The highest BCUT2D eigenvalue weighted by molar-refractivity contribution is 9.11. The van der Waals surface area contributed by atoms with Crippen molar-refractivity contribution in [1.82, 2.24) is 5.43 Å². The number of carbonyl (C=O) groups is 1. The summed E-state index contributed by atoms with van der Waals surface area (Å²) >= 11 is 19.0. The van der Waals surface area contributed by atoms with Gasteiger partial charge in [-0.25, -0.2) is 5.43 Å². The number of fused-ring (bicyclic) bond motifs is 1. The molecule has 0 spiro atoms. The summed E-state index contributed by atoms with van der Waals surface area (Å²) in [6.45, 7) is 0. The topological polar surface area (TPSA) is 67.7 Å². The number of nitrogens with zero attached hydrogens (tertiary/aromatic N) is 1. The predicted octanol–water partition coefficient (Wildman–Crippen LogP) is 7.29. The van der Waals surface area contributed by atoms with Gasteiger partial charge in [-0.1, -0.05) is 39.1 Å². The summed E-state index contributed by atoms with van der Waals surface area (Å²) in [5.74, 6) is 0.637. The fraction of sp³-hybridized carbons (Fsp3) is 0. The van der Waals surface area contributed by atoms with Gasteiger partial charge in [0.15, 0.2) is 5.76 Å². The molecule has 1 N–H and O–H groups in total. The first-order valence-corrected chi connectivity index (χ1v) is 10.5. The summed E-state index contributed by atoms with van der Waals surface area (Å²) in [7, 11) is 0. The Kier molecular flexibility index (Phi) is 5.83. The van der Waals surface area contributed by atoms with Crippen molar-refractivity contribution in [1.29, 1.82) is 0 Å². The van der Waals surface area contributed by atoms with E-state index in [1.807, 2.05) is 12.1 Å². The zero-order chi connectivity index (χ0) is 20.5. The Labute approximate surface area is 191 Å². The summed E-state index contributed by atoms with van der Waals surface area (Å²) in [6.07, 6.45) is 1.38. The Morgan fingerprint density at radius 3 is 2.69 bits per heavy atom. The van der Waals surface area contributed by atoms with Crippen LogP contribution in [-0.4, -0.2) is 12.1 Å². The standard InChI is InChI=1S/C20H10Br2Cl2N2O3/c21-11-5-10-6-18(29-19(10)15(22)7-11)20(27)26-25-9-13-2-4-17(28-13)14-8-12(23)1-3-16(14)24/h1-9H,(H,26,27)/b25-9-. The Bertz CT molecular complexity index is 1260. The van der Waals surface area contributed by atoms with Crippen LogP contribution in [0.15, 0.2) is 71.4 Å². The van der Waals surface area contributed by atoms with E-state index in [1.54, 1.807) is 36.4 Å². The van der Waals surface area contributed by atoms with Crippen LogP contribution in [0.5, 0.6) is 0 Å². The van der Waals surface area contributed by atoms with Crippen LogP contribution in [0.1, 0.15) is 16.3 Å². The van der Waals surface area contributed by atoms with Gasteiger partial charge >= 0.3 is 5.91 Å². The van der Waals surface area contributed by atoms with E-state index in [0.717, 1.165) is 14.3 Å². The molecular formula is C20H10Br2Cl2N2O3. The Morgan fingerprint density at radius 2 is 1.86 bits per heavy atom. The first-order chi connectivity index (χ1) is 13.9. The van der Waals surface area contributed by atoms with Crippen molar-refractivity contribution in [3.05, 3.63) is 79.0 Å². The Hall–Kier alpha value is -2.06. The van der Waals surface area contributed by atoms with Gasteiger partial charge in [0.1, 0.15) is 17.1 Å². The van der Waals surface area contributed by atoms with Gasteiger partial charge in [-0.05, 0) is 64.5 Å². The molecule has 0 unspecified atom stereocenters. The molecule has 0 bridgehead atoms. The summed E-state index contributed by atoms with van der Waals surface area (Å²) in [6, 6.07) is 13.9. The molecule has 9 heteroatoms. The highest BCUT2D eigenvalue weighted by Crippen LogP contribution is 2.32. The van der Waals surface area contributed by atoms with Gasteiger partial charge in [-0.15, -0.1) is 0 Å². The summed E-state index contributed by atoms with van der Waals surface area (Å²) in [5, 5.41) is 5.77. The fourth-order valence-electron chi connectivity index (χ4n) is 2.65. The van der Waals surface area contributed by atoms with Crippen molar-refractivity contribution < 1.29 is 13.6 Å². The van der Waals surface area contributed by atoms with Crippen LogP contribution in [0.25, 0.3) is 22.3 Å². The molecular weight excluding hydrogens is 547 g/mol. The predicted molar refractivity (Wildman–Crippen MR) is 121 cm³/mol. The molecule has 2 heterocycles. The van der Waals surface area contributed by atoms with Gasteiger partial charge in [-0.2, -0.15) is 5.10 Å². The van der Waals surface area contributed by atoms with Crippen LogP contribution in [0, 0.1) is 0 Å². The minimum absolute atomic E-state index is 0.141. The number of benzene rings is 2. The van der Waals surface area contributed by atoms with Gasteiger partial charge in [0.2, 0.25) is 0 Å². The highest BCUT2D eigenvalue weighted by Gasteiger charge is 2.14. The zero-order valence-corrected chi connectivity index (χ0v) is 19.1. The van der Waals surface area contributed by atoms with E-state index >= 15 is 0 Å². The molecule has 2 aromatic heterocycles. The number of nitrogens with one attached hydrogen (secondary N) is 1. The number of hydrogen-bond acceptors (Lipinski definition) is 4. The van der Waals surface area contributed by atoms with Gasteiger partial charge in [-0.3, -0.25) is 4.79 Å². The van der Waals surface area contributed by atoms with E-state index < -0.39 is 5.91 Å². The average molecular weight is 557 g/mol. The lowest BCUT2D eigenvalue weighted by Gasteiger charge is -2.01. The zero-order valence-electron chi connectivity index (χ0n) is 14.4. The number of hydrazone groups is 1. The maximum atomic E-state index is 12.3. The van der Waals surface area contributed by atoms with E-state index in [-0.39, 0.29) is 5.76 Å². The van der Waals surface area contributed by atoms with E-state index in [4.69, 9.17) is 32.0 Å². The summed E-state index contributed by atoms with van der Waals surface area (Å²) in [4.78, 5) is 12.3. The summed E-state index contributed by atoms with van der Waals surface area (Å²) in [5.41, 5.74) is 3.66. The molecule has 2 aromatic carbocycles. The second kappa shape index (κ2) is 8.36. The second-order valence-corrected chi connectivity index (χ2v) is 8.56. The van der Waals surface area contributed by atoms with Crippen molar-refractivity contribution in [2.45, 2.75) is 0 Å². The molecule has 0 saturated heterocycles. The lowest BCUT2D eigenvalue weighted by Crippen LogP contribution is -2.16. The largest absolute Gasteiger partial charge is 0.455 e. The van der Waals surface area contributed by atoms with Crippen LogP contribution in [-0.2, 0) is 0 Å². The molecule has 0 fully saturated rings. The molecule has 0 radical (unpaired) electrons. The Morgan fingerprint density at radius 1 is 1.03 bits per heavy atom. The van der Waals surface area contributed by atoms with E-state index in [9.17, 15) is 4.79 Å². The van der Waals surface area contributed by atoms with Gasteiger partial charge in [0, 0.05) is 20.4 Å². The number of hydrogen-bond donors (Lipinski definition) is 1. The molecule has 4 rings (SSSR count). The molecule has 1 amide bonds. The molecule has 0 aliphatic heterocycles. The van der Waals surface area contributed by atoms with E-state index in [1.165, 1.54) is 6.21 Å². The second-order valence-electron chi connectivity index (χ2n) is 5.94. The molecule has 4 aromatic rings. The number of furan rings is 2. The van der Waals surface area contributed by atoms with Crippen molar-refractivity contribution in [2.75, 3.05) is 0 Å². The smallest absolute Gasteiger partial charge is 0.307 e. The third-order valence-electron chi connectivity index (χ3n) is 3.94. The molecule has 0 aliphatic carbocycles.